The Hall–Kier alpha value is -6.50. The summed E-state index contributed by atoms with van der Waals surface area (Å²) >= 11 is 0. The van der Waals surface area contributed by atoms with Crippen molar-refractivity contribution in [1.29, 1.82) is 0 Å². The van der Waals surface area contributed by atoms with Gasteiger partial charge in [-0.1, -0.05) is 176 Å². The molecular formula is C50H32. The molecule has 0 saturated carbocycles. The Morgan fingerprint density at radius 3 is 1.20 bits per heavy atom. The zero-order valence-electron chi connectivity index (χ0n) is 27.5. The lowest BCUT2D eigenvalue weighted by Crippen LogP contribution is -1.89. The monoisotopic (exact) mass is 632 g/mol. The largest absolute Gasteiger partial charge is 0.0616 e. The highest BCUT2D eigenvalue weighted by Crippen LogP contribution is 2.42. The average molecular weight is 633 g/mol. The van der Waals surface area contributed by atoms with Crippen LogP contribution in [0.25, 0.3) is 98.4 Å². The molecule has 10 aromatic rings. The van der Waals surface area contributed by atoms with E-state index >= 15 is 0 Å². The van der Waals surface area contributed by atoms with Crippen molar-refractivity contribution in [2.75, 3.05) is 0 Å². The lowest BCUT2D eigenvalue weighted by Gasteiger charge is -2.16. The van der Waals surface area contributed by atoms with Crippen molar-refractivity contribution >= 4 is 53.9 Å². The van der Waals surface area contributed by atoms with Crippen LogP contribution in [0.4, 0.5) is 0 Å². The molecule has 232 valence electrons. The average Bonchev–Trinajstić information content (AvgIpc) is 3.20. The van der Waals surface area contributed by atoms with Crippen LogP contribution in [0.1, 0.15) is 0 Å². The lowest BCUT2D eigenvalue weighted by atomic mass is 9.87. The first-order chi connectivity index (χ1) is 24.8. The third kappa shape index (κ3) is 4.69. The van der Waals surface area contributed by atoms with E-state index in [0.717, 1.165) is 0 Å². The van der Waals surface area contributed by atoms with Crippen molar-refractivity contribution in [3.8, 4) is 44.5 Å². The Labute approximate surface area is 291 Å². The van der Waals surface area contributed by atoms with Gasteiger partial charge in [0.25, 0.3) is 0 Å². The molecule has 0 aliphatic carbocycles. The molecule has 0 saturated heterocycles. The SMILES string of the molecule is c1ccc2cc(-c3ccc(-c4cc5c6ccccc6c(-c6ccc(-c7cccc8ccccc78)cc6)cc5c5ccccc45)cc3)ccc2c1. The molecule has 0 heterocycles. The van der Waals surface area contributed by atoms with Gasteiger partial charge in [0, 0.05) is 0 Å². The van der Waals surface area contributed by atoms with Gasteiger partial charge in [0.1, 0.15) is 0 Å². The van der Waals surface area contributed by atoms with Crippen LogP contribution in [0.15, 0.2) is 194 Å². The Bertz CT molecular complexity index is 2890. The maximum Gasteiger partial charge on any atom is -0.00923 e. The summed E-state index contributed by atoms with van der Waals surface area (Å²) in [4.78, 5) is 0. The van der Waals surface area contributed by atoms with Crippen molar-refractivity contribution in [3.63, 3.8) is 0 Å². The predicted octanol–water partition coefficient (Wildman–Crippen LogP) is 14.1. The van der Waals surface area contributed by atoms with Gasteiger partial charge in [-0.2, -0.15) is 0 Å². The molecular weight excluding hydrogens is 601 g/mol. The smallest absolute Gasteiger partial charge is 0.00923 e. The zero-order valence-corrected chi connectivity index (χ0v) is 27.5. The molecule has 0 unspecified atom stereocenters. The van der Waals surface area contributed by atoms with Crippen LogP contribution in [0, 0.1) is 0 Å². The van der Waals surface area contributed by atoms with Gasteiger partial charge in [0.2, 0.25) is 0 Å². The highest BCUT2D eigenvalue weighted by atomic mass is 14.2. The highest BCUT2D eigenvalue weighted by molar-refractivity contribution is 6.23. The number of benzene rings is 10. The van der Waals surface area contributed by atoms with Crippen molar-refractivity contribution < 1.29 is 0 Å². The van der Waals surface area contributed by atoms with Crippen molar-refractivity contribution in [3.05, 3.63) is 194 Å². The molecule has 0 spiro atoms. The minimum atomic E-state index is 1.23. The van der Waals surface area contributed by atoms with Gasteiger partial charge in [0.05, 0.1) is 0 Å². The molecule has 0 atom stereocenters. The van der Waals surface area contributed by atoms with E-state index in [1.165, 1.54) is 98.4 Å². The summed E-state index contributed by atoms with van der Waals surface area (Å²) in [6.07, 6.45) is 0. The standard InChI is InChI=1S/C50H32/c1-2-12-39-30-40(29-22-33(39)10-1)34-20-23-37(24-21-34)47-31-49-46-18-8-6-16-44(46)48(32-50(49)45-17-7-5-15-43(45)47)38-27-25-36(26-28-38)42-19-9-13-35-11-3-4-14-41(35)42/h1-32H. The van der Waals surface area contributed by atoms with Gasteiger partial charge in [-0.3, -0.25) is 0 Å². The Kier molecular flexibility index (Phi) is 6.60. The Morgan fingerprint density at radius 2 is 0.600 bits per heavy atom. The summed E-state index contributed by atoms with van der Waals surface area (Å²) in [5.41, 5.74) is 9.94. The number of rotatable bonds is 4. The minimum absolute atomic E-state index is 1.23. The normalized spacial score (nSPS) is 11.6. The summed E-state index contributed by atoms with van der Waals surface area (Å²) in [7, 11) is 0. The van der Waals surface area contributed by atoms with E-state index in [2.05, 4.69) is 194 Å². The third-order valence-corrected chi connectivity index (χ3v) is 10.5. The molecule has 0 radical (unpaired) electrons. The zero-order chi connectivity index (χ0) is 33.0. The molecule has 0 aliphatic rings. The van der Waals surface area contributed by atoms with E-state index in [4.69, 9.17) is 0 Å². The number of hydrogen-bond acceptors (Lipinski definition) is 0. The van der Waals surface area contributed by atoms with Gasteiger partial charge < -0.3 is 0 Å². The Morgan fingerprint density at radius 1 is 0.180 bits per heavy atom. The second-order valence-electron chi connectivity index (χ2n) is 13.3. The second kappa shape index (κ2) is 11.6. The summed E-state index contributed by atoms with van der Waals surface area (Å²) in [5, 5.41) is 12.7. The molecule has 0 fully saturated rings. The quantitative estimate of drug-likeness (QED) is 0.169. The fraction of sp³-hybridized carbons (Fsp3) is 0. The van der Waals surface area contributed by atoms with E-state index in [-0.39, 0.29) is 0 Å². The molecule has 0 aliphatic heterocycles. The molecule has 10 rings (SSSR count). The first kappa shape index (κ1) is 28.5. The van der Waals surface area contributed by atoms with Crippen LogP contribution in [-0.2, 0) is 0 Å². The molecule has 0 heteroatoms. The van der Waals surface area contributed by atoms with E-state index in [1.54, 1.807) is 0 Å². The summed E-state index contributed by atoms with van der Waals surface area (Å²) in [6.45, 7) is 0. The van der Waals surface area contributed by atoms with Crippen LogP contribution in [0.2, 0.25) is 0 Å². The number of fused-ring (bicyclic) bond motifs is 7. The molecule has 0 bridgehead atoms. The first-order valence-corrected chi connectivity index (χ1v) is 17.3. The van der Waals surface area contributed by atoms with Crippen LogP contribution in [-0.4, -0.2) is 0 Å². The van der Waals surface area contributed by atoms with E-state index < -0.39 is 0 Å². The summed E-state index contributed by atoms with van der Waals surface area (Å²) < 4.78 is 0. The van der Waals surface area contributed by atoms with Gasteiger partial charge in [-0.05, 0) is 117 Å². The number of hydrogen-bond donors (Lipinski definition) is 0. The lowest BCUT2D eigenvalue weighted by molar-refractivity contribution is 1.62. The molecule has 10 aromatic carbocycles. The van der Waals surface area contributed by atoms with E-state index in [0.29, 0.717) is 0 Å². The summed E-state index contributed by atoms with van der Waals surface area (Å²) in [5.74, 6) is 0. The van der Waals surface area contributed by atoms with Gasteiger partial charge in [-0.25, -0.2) is 0 Å². The second-order valence-corrected chi connectivity index (χ2v) is 13.3. The topological polar surface area (TPSA) is 0 Å². The van der Waals surface area contributed by atoms with Gasteiger partial charge >= 0.3 is 0 Å². The molecule has 0 N–H and O–H groups in total. The van der Waals surface area contributed by atoms with Crippen LogP contribution >= 0.6 is 0 Å². The fourth-order valence-electron chi connectivity index (χ4n) is 7.95. The predicted molar refractivity (Wildman–Crippen MR) is 216 cm³/mol. The van der Waals surface area contributed by atoms with Crippen molar-refractivity contribution in [2.24, 2.45) is 0 Å². The fourth-order valence-corrected chi connectivity index (χ4v) is 7.95. The molecule has 0 nitrogen and oxygen atoms in total. The van der Waals surface area contributed by atoms with E-state index in [9.17, 15) is 0 Å². The maximum absolute atomic E-state index is 2.42. The summed E-state index contributed by atoms with van der Waals surface area (Å²) in [6, 6.07) is 71.3. The molecule has 0 amide bonds. The van der Waals surface area contributed by atoms with Crippen LogP contribution in [0.3, 0.4) is 0 Å². The van der Waals surface area contributed by atoms with Crippen LogP contribution in [0.5, 0.6) is 0 Å². The van der Waals surface area contributed by atoms with Gasteiger partial charge in [0.15, 0.2) is 0 Å². The van der Waals surface area contributed by atoms with Crippen molar-refractivity contribution in [1.82, 2.24) is 0 Å². The highest BCUT2D eigenvalue weighted by Gasteiger charge is 2.15. The van der Waals surface area contributed by atoms with Gasteiger partial charge in [-0.15, -0.1) is 0 Å². The first-order valence-electron chi connectivity index (χ1n) is 17.3. The van der Waals surface area contributed by atoms with E-state index in [1.807, 2.05) is 0 Å². The maximum atomic E-state index is 2.42. The van der Waals surface area contributed by atoms with Crippen molar-refractivity contribution in [2.45, 2.75) is 0 Å². The van der Waals surface area contributed by atoms with Crippen LogP contribution < -0.4 is 0 Å². The minimum Gasteiger partial charge on any atom is -0.0616 e. The molecule has 0 aromatic heterocycles. The third-order valence-electron chi connectivity index (χ3n) is 10.5. The Balaban J connectivity index is 1.11. The molecule has 50 heavy (non-hydrogen) atoms.